The lowest BCUT2D eigenvalue weighted by Gasteiger charge is -2.40. The van der Waals surface area contributed by atoms with E-state index >= 15 is 0 Å². The Hall–Kier alpha value is -2.04. The first-order valence-electron chi connectivity index (χ1n) is 11.2. The normalized spacial score (nSPS) is 19.1. The molecule has 3 nitrogen and oxygen atoms in total. The highest BCUT2D eigenvalue weighted by Crippen LogP contribution is 2.35. The van der Waals surface area contributed by atoms with Gasteiger partial charge in [0.2, 0.25) is 0 Å². The van der Waals surface area contributed by atoms with Crippen molar-refractivity contribution in [1.82, 2.24) is 10.2 Å². The number of hydrogen-bond acceptors (Lipinski definition) is 3. The largest absolute Gasteiger partial charge is 0.489 e. The van der Waals surface area contributed by atoms with Gasteiger partial charge in [-0.15, -0.1) is 0 Å². The van der Waals surface area contributed by atoms with Crippen LogP contribution in [0.2, 0.25) is 10.0 Å². The van der Waals surface area contributed by atoms with Gasteiger partial charge >= 0.3 is 0 Å². The van der Waals surface area contributed by atoms with Crippen molar-refractivity contribution in [2.24, 2.45) is 5.92 Å². The quantitative estimate of drug-likeness (QED) is 0.395. The van der Waals surface area contributed by atoms with E-state index in [-0.39, 0.29) is 0 Å². The molecule has 1 heterocycles. The zero-order chi connectivity index (χ0) is 22.3. The van der Waals surface area contributed by atoms with Crippen LogP contribution >= 0.6 is 23.2 Å². The molecule has 0 radical (unpaired) electrons. The molecule has 32 heavy (non-hydrogen) atoms. The fourth-order valence-corrected chi connectivity index (χ4v) is 4.87. The van der Waals surface area contributed by atoms with Crippen LogP contribution in [0.15, 0.2) is 72.8 Å². The highest BCUT2D eigenvalue weighted by molar-refractivity contribution is 6.30. The molecule has 0 bridgehead atoms. The van der Waals surface area contributed by atoms with Crippen LogP contribution in [0.5, 0.6) is 5.75 Å². The first kappa shape index (κ1) is 23.1. The molecule has 0 aliphatic carbocycles. The smallest absolute Gasteiger partial charge is 0.119 e. The molecule has 1 aliphatic rings. The van der Waals surface area contributed by atoms with Gasteiger partial charge in [0.05, 0.1) is 0 Å². The molecule has 3 aromatic rings. The van der Waals surface area contributed by atoms with Crippen LogP contribution in [0.4, 0.5) is 0 Å². The molecule has 0 amide bonds. The van der Waals surface area contributed by atoms with Gasteiger partial charge in [-0.25, -0.2) is 0 Å². The van der Waals surface area contributed by atoms with Gasteiger partial charge in [-0.3, -0.25) is 4.90 Å². The average Bonchev–Trinajstić information content (AvgIpc) is 2.80. The molecule has 5 heteroatoms. The van der Waals surface area contributed by atoms with Gasteiger partial charge in [-0.1, -0.05) is 59.6 Å². The third-order valence-corrected chi connectivity index (χ3v) is 6.66. The van der Waals surface area contributed by atoms with Crippen molar-refractivity contribution >= 4 is 23.2 Å². The first-order valence-corrected chi connectivity index (χ1v) is 12.0. The average molecular weight is 469 g/mol. The number of nitrogens with one attached hydrogen (secondary N) is 1. The molecule has 168 valence electrons. The van der Waals surface area contributed by atoms with E-state index in [0.717, 1.165) is 41.0 Å². The molecule has 2 unspecified atom stereocenters. The van der Waals surface area contributed by atoms with Gasteiger partial charge in [-0.05, 0) is 85.4 Å². The van der Waals surface area contributed by atoms with Crippen LogP contribution in [-0.4, -0.2) is 25.0 Å². The van der Waals surface area contributed by atoms with Crippen molar-refractivity contribution < 1.29 is 4.74 Å². The molecule has 1 saturated heterocycles. The fraction of sp³-hybridized carbons (Fsp3) is 0.333. The zero-order valence-corrected chi connectivity index (χ0v) is 19.9. The standard InChI is InChI=1S/C27H30Cl2N2O/c1-31-15-3-5-23(27(31)22-4-2-6-25(29)16-22)18-30-17-20-9-13-26(14-10-20)32-19-21-7-11-24(28)12-8-21/h2,4,6-14,16,23,27,30H,3,5,15,17-19H2,1H3. The minimum absolute atomic E-state index is 0.401. The minimum atomic E-state index is 0.401. The Balaban J connectivity index is 1.29. The lowest BCUT2D eigenvalue weighted by atomic mass is 9.85. The molecular formula is C27H30Cl2N2O. The maximum Gasteiger partial charge on any atom is 0.119 e. The van der Waals surface area contributed by atoms with Crippen LogP contribution in [0.3, 0.4) is 0 Å². The molecule has 0 aromatic heterocycles. The number of ether oxygens (including phenoxy) is 1. The van der Waals surface area contributed by atoms with Crippen molar-refractivity contribution in [3.8, 4) is 5.75 Å². The number of benzene rings is 3. The molecule has 4 rings (SSSR count). The lowest BCUT2D eigenvalue weighted by molar-refractivity contribution is 0.119. The summed E-state index contributed by atoms with van der Waals surface area (Å²) in [6.45, 7) is 3.50. The number of nitrogens with zero attached hydrogens (tertiary/aromatic N) is 1. The van der Waals surface area contributed by atoms with E-state index in [9.17, 15) is 0 Å². The van der Waals surface area contributed by atoms with Gasteiger partial charge in [0.15, 0.2) is 0 Å². The summed E-state index contributed by atoms with van der Waals surface area (Å²) in [5, 5.41) is 5.23. The zero-order valence-electron chi connectivity index (χ0n) is 18.4. The summed E-state index contributed by atoms with van der Waals surface area (Å²) in [6, 6.07) is 24.8. The van der Waals surface area contributed by atoms with Crippen molar-refractivity contribution in [1.29, 1.82) is 0 Å². The van der Waals surface area contributed by atoms with Crippen LogP contribution in [-0.2, 0) is 13.2 Å². The summed E-state index contributed by atoms with van der Waals surface area (Å²) in [7, 11) is 2.22. The van der Waals surface area contributed by atoms with E-state index in [4.69, 9.17) is 27.9 Å². The second-order valence-electron chi connectivity index (χ2n) is 8.57. The molecule has 1 N–H and O–H groups in total. The third-order valence-electron chi connectivity index (χ3n) is 6.18. The van der Waals surface area contributed by atoms with E-state index in [1.165, 1.54) is 24.0 Å². The Labute approximate surface area is 201 Å². The summed E-state index contributed by atoms with van der Waals surface area (Å²) < 4.78 is 5.89. The van der Waals surface area contributed by atoms with Crippen LogP contribution < -0.4 is 10.1 Å². The Morgan fingerprint density at radius 2 is 1.69 bits per heavy atom. The maximum absolute atomic E-state index is 6.27. The van der Waals surface area contributed by atoms with Crippen LogP contribution in [0.1, 0.15) is 35.6 Å². The number of rotatable bonds is 8. The second-order valence-corrected chi connectivity index (χ2v) is 9.45. The number of halogens is 2. The highest BCUT2D eigenvalue weighted by atomic mass is 35.5. The van der Waals surface area contributed by atoms with E-state index in [1.807, 2.05) is 42.5 Å². The Bertz CT molecular complexity index is 991. The molecule has 3 aromatic carbocycles. The predicted octanol–water partition coefficient (Wildman–Crippen LogP) is 6.75. The van der Waals surface area contributed by atoms with Gasteiger partial charge in [-0.2, -0.15) is 0 Å². The number of piperidine rings is 1. The Kier molecular flexibility index (Phi) is 8.10. The van der Waals surface area contributed by atoms with Crippen molar-refractivity contribution in [2.75, 3.05) is 20.1 Å². The van der Waals surface area contributed by atoms with Gasteiger partial charge in [0.1, 0.15) is 12.4 Å². The highest BCUT2D eigenvalue weighted by Gasteiger charge is 2.30. The van der Waals surface area contributed by atoms with Gasteiger partial charge in [0, 0.05) is 29.2 Å². The molecule has 1 fully saturated rings. The molecule has 0 saturated carbocycles. The minimum Gasteiger partial charge on any atom is -0.489 e. The fourth-order valence-electron chi connectivity index (χ4n) is 4.54. The summed E-state index contributed by atoms with van der Waals surface area (Å²) in [4.78, 5) is 2.47. The van der Waals surface area contributed by atoms with Crippen molar-refractivity contribution in [3.63, 3.8) is 0 Å². The third kappa shape index (κ3) is 6.26. The molecular weight excluding hydrogens is 439 g/mol. The van der Waals surface area contributed by atoms with Gasteiger partial charge in [0.25, 0.3) is 0 Å². The summed E-state index contributed by atoms with van der Waals surface area (Å²) in [6.07, 6.45) is 2.46. The van der Waals surface area contributed by atoms with E-state index in [0.29, 0.717) is 18.6 Å². The first-order chi connectivity index (χ1) is 15.6. The SMILES string of the molecule is CN1CCCC(CNCc2ccc(OCc3ccc(Cl)cc3)cc2)C1c1cccc(Cl)c1. The Morgan fingerprint density at radius 3 is 2.44 bits per heavy atom. The van der Waals surface area contributed by atoms with E-state index in [1.54, 1.807) is 0 Å². The topological polar surface area (TPSA) is 24.5 Å². The van der Waals surface area contributed by atoms with Crippen molar-refractivity contribution in [2.45, 2.75) is 32.0 Å². The number of hydrogen-bond donors (Lipinski definition) is 1. The van der Waals surface area contributed by atoms with E-state index in [2.05, 4.69) is 47.6 Å². The summed E-state index contributed by atoms with van der Waals surface area (Å²) >= 11 is 12.2. The summed E-state index contributed by atoms with van der Waals surface area (Å²) in [5.41, 5.74) is 3.67. The van der Waals surface area contributed by atoms with Gasteiger partial charge < -0.3 is 10.1 Å². The Morgan fingerprint density at radius 1 is 0.938 bits per heavy atom. The lowest BCUT2D eigenvalue weighted by Crippen LogP contribution is -2.40. The maximum atomic E-state index is 6.27. The molecule has 0 spiro atoms. The predicted molar refractivity (Wildman–Crippen MR) is 133 cm³/mol. The van der Waals surface area contributed by atoms with E-state index < -0.39 is 0 Å². The van der Waals surface area contributed by atoms with Crippen LogP contribution in [0, 0.1) is 5.92 Å². The summed E-state index contributed by atoms with van der Waals surface area (Å²) in [5.74, 6) is 1.44. The van der Waals surface area contributed by atoms with Crippen LogP contribution in [0.25, 0.3) is 0 Å². The molecule has 1 aliphatic heterocycles. The number of likely N-dealkylation sites (tertiary alicyclic amines) is 1. The molecule has 2 atom stereocenters. The monoisotopic (exact) mass is 468 g/mol. The second kappa shape index (κ2) is 11.2. The van der Waals surface area contributed by atoms with Crippen molar-refractivity contribution in [3.05, 3.63) is 99.5 Å².